The molecular weight excluding hydrogens is 711 g/mol. The van der Waals surface area contributed by atoms with E-state index in [1.807, 2.05) is 0 Å². The van der Waals surface area contributed by atoms with E-state index in [1.54, 1.807) is 0 Å². The van der Waals surface area contributed by atoms with Crippen molar-refractivity contribution in [3.05, 3.63) is 237 Å². The Hall–Kier alpha value is -7.74. The topological polar surface area (TPSA) is 3.24 Å². The van der Waals surface area contributed by atoms with Gasteiger partial charge in [-0.2, -0.15) is 0 Å². The van der Waals surface area contributed by atoms with Gasteiger partial charge < -0.3 is 4.90 Å². The van der Waals surface area contributed by atoms with Gasteiger partial charge in [0.15, 0.2) is 0 Å². The molecule has 0 N–H and O–H groups in total. The summed E-state index contributed by atoms with van der Waals surface area (Å²) in [7, 11) is 0. The van der Waals surface area contributed by atoms with Crippen molar-refractivity contribution >= 4 is 60.2 Å². The van der Waals surface area contributed by atoms with Crippen LogP contribution in [0.15, 0.2) is 237 Å². The molecule has 0 radical (unpaired) electrons. The fourth-order valence-corrected chi connectivity index (χ4v) is 8.85. The van der Waals surface area contributed by atoms with Gasteiger partial charge in [-0.05, 0) is 136 Å². The number of hydrogen-bond acceptors (Lipinski definition) is 1. The highest BCUT2D eigenvalue weighted by atomic mass is 15.1. The van der Waals surface area contributed by atoms with Crippen molar-refractivity contribution in [3.63, 3.8) is 0 Å². The van der Waals surface area contributed by atoms with Crippen molar-refractivity contribution in [2.45, 2.75) is 0 Å². The van der Waals surface area contributed by atoms with Crippen LogP contribution < -0.4 is 4.90 Å². The van der Waals surface area contributed by atoms with E-state index in [4.69, 9.17) is 0 Å². The van der Waals surface area contributed by atoms with E-state index < -0.39 is 0 Å². The molecule has 0 amide bonds. The maximum absolute atomic E-state index is 2.40. The maximum atomic E-state index is 2.40. The van der Waals surface area contributed by atoms with Crippen molar-refractivity contribution in [2.24, 2.45) is 0 Å². The van der Waals surface area contributed by atoms with Gasteiger partial charge in [-0.3, -0.25) is 0 Å². The molecule has 0 atom stereocenters. The maximum Gasteiger partial charge on any atom is 0.0468 e. The van der Waals surface area contributed by atoms with Crippen LogP contribution in [0.3, 0.4) is 0 Å². The Kier molecular flexibility index (Phi) is 8.56. The number of benzene rings is 11. The zero-order chi connectivity index (χ0) is 39.1. The fourth-order valence-electron chi connectivity index (χ4n) is 8.85. The second-order valence-electron chi connectivity index (χ2n) is 15.3. The summed E-state index contributed by atoms with van der Waals surface area (Å²) >= 11 is 0. The minimum Gasteiger partial charge on any atom is -0.310 e. The SMILES string of the molecule is c1ccc(-c2cccc(N(c3ccc(-c4ccc5ccccc5c4)cc3)c3ccc(-c4ccc5ccc6ccc7ccccc7c6c5c4)c(-c4ccccc4)c3)c2)cc1. The molecule has 0 spiro atoms. The lowest BCUT2D eigenvalue weighted by atomic mass is 9.90. The second-order valence-corrected chi connectivity index (χ2v) is 15.3. The highest BCUT2D eigenvalue weighted by Gasteiger charge is 2.18. The summed E-state index contributed by atoms with van der Waals surface area (Å²) in [6, 6.07) is 86.4. The Morgan fingerprint density at radius 2 is 0.746 bits per heavy atom. The third kappa shape index (κ3) is 6.40. The second kappa shape index (κ2) is 14.6. The van der Waals surface area contributed by atoms with Crippen LogP contribution in [0.1, 0.15) is 0 Å². The molecule has 11 aromatic rings. The average molecular weight is 750 g/mol. The van der Waals surface area contributed by atoms with Gasteiger partial charge in [-0.1, -0.05) is 188 Å². The lowest BCUT2D eigenvalue weighted by Gasteiger charge is -2.27. The smallest absolute Gasteiger partial charge is 0.0468 e. The van der Waals surface area contributed by atoms with E-state index in [9.17, 15) is 0 Å². The molecule has 59 heavy (non-hydrogen) atoms. The molecule has 0 unspecified atom stereocenters. The van der Waals surface area contributed by atoms with E-state index in [1.165, 1.54) is 87.6 Å². The van der Waals surface area contributed by atoms with Crippen molar-refractivity contribution in [1.29, 1.82) is 0 Å². The van der Waals surface area contributed by atoms with E-state index in [0.29, 0.717) is 0 Å². The van der Waals surface area contributed by atoms with Crippen LogP contribution in [0.2, 0.25) is 0 Å². The minimum atomic E-state index is 1.09. The van der Waals surface area contributed by atoms with Gasteiger partial charge in [0.2, 0.25) is 0 Å². The molecule has 1 nitrogen and oxygen atoms in total. The normalized spacial score (nSPS) is 11.4. The third-order valence-electron chi connectivity index (χ3n) is 11.8. The van der Waals surface area contributed by atoms with E-state index in [0.717, 1.165) is 17.1 Å². The van der Waals surface area contributed by atoms with Crippen LogP contribution in [0.5, 0.6) is 0 Å². The Labute approximate surface area is 344 Å². The van der Waals surface area contributed by atoms with Crippen molar-refractivity contribution in [2.75, 3.05) is 4.90 Å². The van der Waals surface area contributed by atoms with E-state index in [2.05, 4.69) is 241 Å². The molecule has 0 bridgehead atoms. The molecule has 0 aromatic heterocycles. The van der Waals surface area contributed by atoms with Gasteiger partial charge in [0.05, 0.1) is 0 Å². The number of hydrogen-bond donors (Lipinski definition) is 0. The molecule has 0 aliphatic heterocycles. The molecule has 1 heteroatoms. The molecule has 0 saturated heterocycles. The first-order valence-electron chi connectivity index (χ1n) is 20.3. The molecule has 11 rings (SSSR count). The number of nitrogens with zero attached hydrogens (tertiary/aromatic N) is 1. The highest BCUT2D eigenvalue weighted by Crippen LogP contribution is 2.43. The van der Waals surface area contributed by atoms with Gasteiger partial charge in [-0.25, -0.2) is 0 Å². The van der Waals surface area contributed by atoms with Gasteiger partial charge in [-0.15, -0.1) is 0 Å². The van der Waals surface area contributed by atoms with Gasteiger partial charge in [0.1, 0.15) is 0 Å². The van der Waals surface area contributed by atoms with Crippen LogP contribution in [-0.4, -0.2) is 0 Å². The molecule has 11 aromatic carbocycles. The summed E-state index contributed by atoms with van der Waals surface area (Å²) in [4.78, 5) is 2.40. The zero-order valence-corrected chi connectivity index (χ0v) is 32.5. The number of fused-ring (bicyclic) bond motifs is 6. The first kappa shape index (κ1) is 34.5. The summed E-state index contributed by atoms with van der Waals surface area (Å²) in [6.45, 7) is 0. The Morgan fingerprint density at radius 3 is 1.54 bits per heavy atom. The Balaban J connectivity index is 1.08. The summed E-state index contributed by atoms with van der Waals surface area (Å²) in [6.07, 6.45) is 0. The van der Waals surface area contributed by atoms with Crippen LogP contribution in [0.25, 0.3) is 87.6 Å². The molecular formula is C58H39N. The molecule has 0 heterocycles. The Morgan fingerprint density at radius 1 is 0.220 bits per heavy atom. The summed E-state index contributed by atoms with van der Waals surface area (Å²) in [5, 5.41) is 10.1. The first-order valence-corrected chi connectivity index (χ1v) is 20.3. The Bertz CT molecular complexity index is 3310. The monoisotopic (exact) mass is 749 g/mol. The van der Waals surface area contributed by atoms with E-state index >= 15 is 0 Å². The molecule has 0 saturated carbocycles. The minimum absolute atomic E-state index is 1.09. The summed E-state index contributed by atoms with van der Waals surface area (Å²) in [5.74, 6) is 0. The first-order chi connectivity index (χ1) is 29.2. The lowest BCUT2D eigenvalue weighted by Crippen LogP contribution is -2.10. The predicted octanol–water partition coefficient (Wildman–Crippen LogP) is 16.4. The zero-order valence-electron chi connectivity index (χ0n) is 32.5. The fraction of sp³-hybridized carbons (Fsp3) is 0. The summed E-state index contributed by atoms with van der Waals surface area (Å²) < 4.78 is 0. The highest BCUT2D eigenvalue weighted by molar-refractivity contribution is 6.20. The predicted molar refractivity (Wildman–Crippen MR) is 253 cm³/mol. The van der Waals surface area contributed by atoms with Crippen molar-refractivity contribution in [3.8, 4) is 44.5 Å². The largest absolute Gasteiger partial charge is 0.310 e. The van der Waals surface area contributed by atoms with Gasteiger partial charge in [0.25, 0.3) is 0 Å². The third-order valence-corrected chi connectivity index (χ3v) is 11.8. The number of rotatable bonds is 7. The molecule has 0 aliphatic carbocycles. The van der Waals surface area contributed by atoms with Crippen LogP contribution in [0, 0.1) is 0 Å². The molecule has 0 fully saturated rings. The van der Waals surface area contributed by atoms with Crippen molar-refractivity contribution in [1.82, 2.24) is 0 Å². The van der Waals surface area contributed by atoms with Gasteiger partial charge >= 0.3 is 0 Å². The number of anilines is 3. The standard InChI is InChI=1S/C58H39N/c1-3-12-40(13-4-1)48-19-11-20-52(37-48)59(51-32-30-42(31-33-51)49-28-22-41-14-7-8-18-47(41)36-49)53-34-35-54(56(39-53)43-15-5-2-6-16-43)50-29-25-45-24-27-46-26-23-44-17-9-10-21-55(44)58(46)57(45)38-50/h1-39H. The van der Waals surface area contributed by atoms with E-state index in [-0.39, 0.29) is 0 Å². The quantitative estimate of drug-likeness (QED) is 0.147. The van der Waals surface area contributed by atoms with Crippen LogP contribution >= 0.6 is 0 Å². The van der Waals surface area contributed by atoms with Crippen molar-refractivity contribution < 1.29 is 0 Å². The molecule has 276 valence electrons. The van der Waals surface area contributed by atoms with Crippen LogP contribution in [0.4, 0.5) is 17.1 Å². The average Bonchev–Trinajstić information content (AvgIpc) is 3.32. The lowest BCUT2D eigenvalue weighted by molar-refractivity contribution is 1.28. The molecule has 0 aliphatic rings. The van der Waals surface area contributed by atoms with Crippen LogP contribution in [-0.2, 0) is 0 Å². The van der Waals surface area contributed by atoms with Gasteiger partial charge in [0, 0.05) is 17.1 Å². The summed E-state index contributed by atoms with van der Waals surface area (Å²) in [5.41, 5.74) is 12.8.